The molecule has 1 aromatic heterocycles. The third-order valence-corrected chi connectivity index (χ3v) is 6.35. The summed E-state index contributed by atoms with van der Waals surface area (Å²) in [5.74, 6) is 3.37. The van der Waals surface area contributed by atoms with Gasteiger partial charge < -0.3 is 14.4 Å². The minimum atomic E-state index is 0.594. The number of ether oxygens (including phenoxy) is 2. The van der Waals surface area contributed by atoms with E-state index in [0.717, 1.165) is 56.5 Å². The second-order valence-electron chi connectivity index (χ2n) is 7.68. The highest BCUT2D eigenvalue weighted by Crippen LogP contribution is 2.30. The molecule has 1 atom stereocenters. The van der Waals surface area contributed by atoms with E-state index in [1.165, 1.54) is 10.1 Å². The Bertz CT molecular complexity index is 921. The van der Waals surface area contributed by atoms with Gasteiger partial charge in [-0.05, 0) is 48.1 Å². The van der Waals surface area contributed by atoms with Gasteiger partial charge in [0, 0.05) is 38.1 Å². The van der Waals surface area contributed by atoms with Gasteiger partial charge in [0.15, 0.2) is 11.5 Å². The number of rotatable bonds is 8. The lowest BCUT2D eigenvalue weighted by molar-refractivity contribution is 0.199. The average Bonchev–Trinajstić information content (AvgIpc) is 3.19. The summed E-state index contributed by atoms with van der Waals surface area (Å²) in [6, 6.07) is 16.4. The maximum Gasteiger partial charge on any atom is 0.161 e. The van der Waals surface area contributed by atoms with E-state index in [4.69, 9.17) is 13.8 Å². The molecule has 6 heteroatoms. The summed E-state index contributed by atoms with van der Waals surface area (Å²) in [6.07, 6.45) is 1.04. The van der Waals surface area contributed by atoms with Crippen LogP contribution in [0.15, 0.2) is 48.5 Å². The number of fused-ring (bicyclic) bond motifs is 1. The molecular weight excluding hydrogens is 382 g/mol. The lowest BCUT2D eigenvalue weighted by Crippen LogP contribution is -2.47. The van der Waals surface area contributed by atoms with E-state index in [1.807, 2.05) is 24.3 Å². The van der Waals surface area contributed by atoms with Gasteiger partial charge in [0.05, 0.1) is 18.4 Å². The number of nitrogens with zero attached hydrogens (tertiary/aromatic N) is 3. The van der Waals surface area contributed by atoms with E-state index in [9.17, 15) is 0 Å². The third-order valence-electron chi connectivity index (χ3n) is 5.54. The Hall–Kier alpha value is -2.31. The van der Waals surface area contributed by atoms with Crippen LogP contribution in [0.25, 0.3) is 10.1 Å². The molecule has 1 fully saturated rings. The Labute approximate surface area is 177 Å². The van der Waals surface area contributed by atoms with Crippen LogP contribution in [0, 0.1) is 5.92 Å². The van der Waals surface area contributed by atoms with Crippen molar-refractivity contribution in [1.82, 2.24) is 9.27 Å². The molecule has 2 aromatic carbocycles. The predicted molar refractivity (Wildman–Crippen MR) is 121 cm³/mol. The van der Waals surface area contributed by atoms with E-state index in [0.29, 0.717) is 12.5 Å². The zero-order chi connectivity index (χ0) is 20.1. The zero-order valence-corrected chi connectivity index (χ0v) is 18.0. The van der Waals surface area contributed by atoms with E-state index in [1.54, 1.807) is 18.6 Å². The van der Waals surface area contributed by atoms with Gasteiger partial charge in [-0.15, -0.1) is 0 Å². The summed E-state index contributed by atoms with van der Waals surface area (Å²) in [5.41, 5.74) is 0. The van der Waals surface area contributed by atoms with Crippen LogP contribution in [0.4, 0.5) is 5.82 Å². The smallest absolute Gasteiger partial charge is 0.161 e. The van der Waals surface area contributed by atoms with Crippen molar-refractivity contribution in [2.45, 2.75) is 13.3 Å². The summed E-state index contributed by atoms with van der Waals surface area (Å²) >= 11 is 1.60. The number of hydrogen-bond donors (Lipinski definition) is 0. The first-order chi connectivity index (χ1) is 14.2. The van der Waals surface area contributed by atoms with E-state index in [2.05, 4.69) is 41.0 Å². The first kappa shape index (κ1) is 20.0. The first-order valence-corrected chi connectivity index (χ1v) is 11.1. The highest BCUT2D eigenvalue weighted by Gasteiger charge is 2.21. The van der Waals surface area contributed by atoms with Crippen molar-refractivity contribution in [2.24, 2.45) is 5.92 Å². The molecule has 0 saturated carbocycles. The van der Waals surface area contributed by atoms with Crippen molar-refractivity contribution in [3.63, 3.8) is 0 Å². The number of methoxy groups -OCH3 is 1. The fourth-order valence-electron chi connectivity index (χ4n) is 3.88. The van der Waals surface area contributed by atoms with Gasteiger partial charge in [-0.25, -0.2) is 0 Å². The van der Waals surface area contributed by atoms with Crippen LogP contribution in [0.1, 0.15) is 13.3 Å². The van der Waals surface area contributed by atoms with Crippen molar-refractivity contribution in [1.29, 1.82) is 0 Å². The second-order valence-corrected chi connectivity index (χ2v) is 8.49. The third kappa shape index (κ3) is 4.82. The molecule has 0 bridgehead atoms. The molecule has 0 N–H and O–H groups in total. The summed E-state index contributed by atoms with van der Waals surface area (Å²) in [5, 5.41) is 1.29. The number of hydrogen-bond acceptors (Lipinski definition) is 6. The minimum absolute atomic E-state index is 0.594. The van der Waals surface area contributed by atoms with E-state index < -0.39 is 0 Å². The average molecular weight is 412 g/mol. The lowest BCUT2D eigenvalue weighted by atomic mass is 10.1. The normalized spacial score (nSPS) is 16.1. The Kier molecular flexibility index (Phi) is 6.52. The van der Waals surface area contributed by atoms with Crippen molar-refractivity contribution in [2.75, 3.05) is 51.3 Å². The van der Waals surface area contributed by atoms with Gasteiger partial charge in [-0.1, -0.05) is 31.2 Å². The van der Waals surface area contributed by atoms with Crippen LogP contribution in [0.5, 0.6) is 11.5 Å². The van der Waals surface area contributed by atoms with Crippen LogP contribution in [0.3, 0.4) is 0 Å². The summed E-state index contributed by atoms with van der Waals surface area (Å²) < 4.78 is 17.3. The van der Waals surface area contributed by atoms with Crippen LogP contribution >= 0.6 is 11.5 Å². The Morgan fingerprint density at radius 1 is 1.00 bits per heavy atom. The Balaban J connectivity index is 1.22. The largest absolute Gasteiger partial charge is 0.493 e. The molecule has 1 aliphatic rings. The quantitative estimate of drug-likeness (QED) is 0.544. The summed E-state index contributed by atoms with van der Waals surface area (Å²) in [7, 11) is 1.68. The fraction of sp³-hybridized carbons (Fsp3) is 0.435. The molecule has 1 saturated heterocycles. The fourth-order valence-corrected chi connectivity index (χ4v) is 4.68. The van der Waals surface area contributed by atoms with Gasteiger partial charge in [0.25, 0.3) is 0 Å². The van der Waals surface area contributed by atoms with Crippen molar-refractivity contribution in [3.05, 3.63) is 48.5 Å². The lowest BCUT2D eigenvalue weighted by Gasteiger charge is -2.36. The van der Waals surface area contributed by atoms with Crippen LogP contribution in [0.2, 0.25) is 0 Å². The van der Waals surface area contributed by atoms with Crippen molar-refractivity contribution >= 4 is 27.4 Å². The highest BCUT2D eigenvalue weighted by molar-refractivity contribution is 7.13. The summed E-state index contributed by atoms with van der Waals surface area (Å²) in [6.45, 7) is 8.39. The van der Waals surface area contributed by atoms with Gasteiger partial charge in [0.2, 0.25) is 0 Å². The van der Waals surface area contributed by atoms with Crippen LogP contribution < -0.4 is 14.4 Å². The minimum Gasteiger partial charge on any atom is -0.493 e. The van der Waals surface area contributed by atoms with Gasteiger partial charge >= 0.3 is 0 Å². The molecule has 29 heavy (non-hydrogen) atoms. The Morgan fingerprint density at radius 2 is 1.72 bits per heavy atom. The standard InChI is InChI=1S/C23H29N3O2S/c1-18(11-16-28-21-9-5-4-8-20(21)27-2)17-25-12-14-26(15-13-25)23-19-7-3-6-10-22(19)29-24-23/h3-10,18H,11-17H2,1-2H3. The molecule has 0 spiro atoms. The monoisotopic (exact) mass is 411 g/mol. The van der Waals surface area contributed by atoms with Crippen molar-refractivity contribution in [3.8, 4) is 11.5 Å². The second kappa shape index (κ2) is 9.46. The van der Waals surface area contributed by atoms with Crippen LogP contribution in [-0.4, -0.2) is 55.7 Å². The van der Waals surface area contributed by atoms with E-state index in [-0.39, 0.29) is 0 Å². The summed E-state index contributed by atoms with van der Waals surface area (Å²) in [4.78, 5) is 5.00. The molecule has 0 radical (unpaired) electrons. The molecular formula is C23H29N3O2S. The molecule has 1 aliphatic heterocycles. The number of piperazine rings is 1. The van der Waals surface area contributed by atoms with Crippen LogP contribution in [-0.2, 0) is 0 Å². The molecule has 2 heterocycles. The SMILES string of the molecule is COc1ccccc1OCCC(C)CN1CCN(c2nsc3ccccc23)CC1. The Morgan fingerprint density at radius 3 is 2.52 bits per heavy atom. The molecule has 0 aliphatic carbocycles. The zero-order valence-electron chi connectivity index (χ0n) is 17.2. The van der Waals surface area contributed by atoms with Gasteiger partial charge in [0.1, 0.15) is 5.82 Å². The maximum absolute atomic E-state index is 5.94. The van der Waals surface area contributed by atoms with Gasteiger partial charge in [-0.3, -0.25) is 4.90 Å². The molecule has 4 rings (SSSR count). The topological polar surface area (TPSA) is 37.8 Å². The predicted octanol–water partition coefficient (Wildman–Crippen LogP) is 4.53. The molecule has 154 valence electrons. The van der Waals surface area contributed by atoms with Crippen molar-refractivity contribution < 1.29 is 9.47 Å². The first-order valence-electron chi connectivity index (χ1n) is 10.3. The number of anilines is 1. The van der Waals surface area contributed by atoms with E-state index >= 15 is 0 Å². The number of aromatic nitrogens is 1. The molecule has 1 unspecified atom stereocenters. The number of benzene rings is 2. The molecule has 5 nitrogen and oxygen atoms in total. The van der Waals surface area contributed by atoms with Gasteiger partial charge in [-0.2, -0.15) is 4.37 Å². The highest BCUT2D eigenvalue weighted by atomic mass is 32.1. The maximum atomic E-state index is 5.94. The number of para-hydroxylation sites is 2. The molecule has 0 amide bonds. The molecule has 3 aromatic rings.